The van der Waals surface area contributed by atoms with Crippen molar-refractivity contribution in [1.29, 1.82) is 0 Å². The zero-order valence-electron chi connectivity index (χ0n) is 21.6. The molecule has 4 aromatic rings. The third-order valence-electron chi connectivity index (χ3n) is 6.32. The normalized spacial score (nSPS) is 11.3. The molecule has 7 nitrogen and oxygen atoms in total. The predicted octanol–water partition coefficient (Wildman–Crippen LogP) is 6.77. The monoisotopic (exact) mass is 556 g/mol. The van der Waals surface area contributed by atoms with Gasteiger partial charge in [-0.1, -0.05) is 35.5 Å². The minimum Gasteiger partial charge on any atom is -0.491 e. The Kier molecular flexibility index (Phi) is 7.46. The summed E-state index contributed by atoms with van der Waals surface area (Å²) in [6, 6.07) is 20.7. The van der Waals surface area contributed by atoms with Crippen LogP contribution in [0.5, 0.6) is 5.75 Å². The van der Waals surface area contributed by atoms with Crippen molar-refractivity contribution in [3.8, 4) is 39.8 Å². The lowest BCUT2D eigenvalue weighted by atomic mass is 10.1. The van der Waals surface area contributed by atoms with E-state index in [0.29, 0.717) is 42.7 Å². The van der Waals surface area contributed by atoms with Gasteiger partial charge in [0.1, 0.15) is 41.2 Å². The maximum atomic E-state index is 14.7. The Balaban J connectivity index is 1.13. The van der Waals surface area contributed by atoms with Crippen LogP contribution >= 0.6 is 0 Å². The summed E-state index contributed by atoms with van der Waals surface area (Å²) in [6.45, 7) is 1.42. The lowest BCUT2D eigenvalue weighted by molar-refractivity contribution is 0.0889. The molecule has 3 heterocycles. The fourth-order valence-corrected chi connectivity index (χ4v) is 4.31. The van der Waals surface area contributed by atoms with Gasteiger partial charge in [-0.2, -0.15) is 0 Å². The standard InChI is InChI=1S/C31H23F3N4O3/c32-21-6-8-26(33)24(14-21)29-16-23(41-37-29)17-38-11-10-28-30(18-38)36-31(35-28)25-15-22(7-9-27(25)34)40-13-12-39-19-20-4-2-1-3-5-20/h1-11,14-16,18H,12-13,17,19H2. The summed E-state index contributed by atoms with van der Waals surface area (Å²) >= 11 is 0. The SMILES string of the molecule is Fc1ccc(F)c(-c2cc(Cn3ccc4nc(-c5cc(OCCOCc6ccccc6)ccc5F)nc-4c3)on2)c1. The number of hydrogen-bond acceptors (Lipinski definition) is 6. The Bertz CT molecular complexity index is 1750. The van der Waals surface area contributed by atoms with Crippen molar-refractivity contribution in [3.63, 3.8) is 0 Å². The third-order valence-corrected chi connectivity index (χ3v) is 6.32. The van der Waals surface area contributed by atoms with Gasteiger partial charge >= 0.3 is 0 Å². The average molecular weight is 557 g/mol. The number of benzene rings is 3. The second-order valence-electron chi connectivity index (χ2n) is 9.27. The van der Waals surface area contributed by atoms with E-state index in [2.05, 4.69) is 15.1 Å². The third kappa shape index (κ3) is 6.12. The van der Waals surface area contributed by atoms with Gasteiger partial charge < -0.3 is 18.6 Å². The molecule has 0 amide bonds. The summed E-state index contributed by atoms with van der Waals surface area (Å²) in [7, 11) is 0. The number of ether oxygens (including phenoxy) is 2. The zero-order chi connectivity index (χ0) is 28.2. The molecule has 0 atom stereocenters. The number of nitrogens with zero attached hydrogens (tertiary/aromatic N) is 4. The number of halogens is 3. The van der Waals surface area contributed by atoms with Crippen molar-refractivity contribution in [1.82, 2.24) is 19.7 Å². The minimum absolute atomic E-state index is 0.0138. The fourth-order valence-electron chi connectivity index (χ4n) is 4.31. The second-order valence-corrected chi connectivity index (χ2v) is 9.27. The van der Waals surface area contributed by atoms with Gasteiger partial charge in [-0.3, -0.25) is 0 Å². The van der Waals surface area contributed by atoms with E-state index < -0.39 is 17.5 Å². The highest BCUT2D eigenvalue weighted by Crippen LogP contribution is 2.30. The molecule has 0 aliphatic carbocycles. The van der Waals surface area contributed by atoms with Gasteiger partial charge in [-0.25, -0.2) is 23.1 Å². The molecular formula is C31H23F3N4O3. The first-order valence-corrected chi connectivity index (χ1v) is 12.8. The van der Waals surface area contributed by atoms with E-state index in [9.17, 15) is 13.2 Å². The van der Waals surface area contributed by atoms with E-state index in [1.165, 1.54) is 6.07 Å². The molecular weight excluding hydrogens is 533 g/mol. The van der Waals surface area contributed by atoms with Crippen molar-refractivity contribution in [3.05, 3.63) is 120 Å². The smallest absolute Gasteiger partial charge is 0.163 e. The highest BCUT2D eigenvalue weighted by molar-refractivity contribution is 5.67. The van der Waals surface area contributed by atoms with Crippen molar-refractivity contribution in [2.45, 2.75) is 13.2 Å². The molecule has 2 aliphatic heterocycles. The molecule has 3 aromatic carbocycles. The number of pyridine rings is 1. The van der Waals surface area contributed by atoms with Gasteiger partial charge in [0.05, 0.1) is 31.0 Å². The van der Waals surface area contributed by atoms with Crippen LogP contribution in [-0.4, -0.2) is 32.9 Å². The Morgan fingerprint density at radius 3 is 2.44 bits per heavy atom. The van der Waals surface area contributed by atoms with Crippen LogP contribution in [0.3, 0.4) is 0 Å². The topological polar surface area (TPSA) is 75.2 Å². The van der Waals surface area contributed by atoms with Crippen LogP contribution < -0.4 is 4.74 Å². The summed E-state index contributed by atoms with van der Waals surface area (Å²) in [5, 5.41) is 3.87. The van der Waals surface area contributed by atoms with Crippen molar-refractivity contribution < 1.29 is 27.2 Å². The molecule has 0 radical (unpaired) electrons. The van der Waals surface area contributed by atoms with Crippen LogP contribution in [0.2, 0.25) is 0 Å². The van der Waals surface area contributed by atoms with E-state index in [1.807, 2.05) is 30.3 Å². The van der Waals surface area contributed by atoms with Gasteiger partial charge in [0.25, 0.3) is 0 Å². The second kappa shape index (κ2) is 11.6. The first-order valence-electron chi connectivity index (χ1n) is 12.8. The number of imidazole rings is 1. The molecule has 2 aliphatic rings. The Hall–Kier alpha value is -4.96. The Morgan fingerprint density at radius 2 is 1.56 bits per heavy atom. The summed E-state index contributed by atoms with van der Waals surface area (Å²) in [4.78, 5) is 9.00. The van der Waals surface area contributed by atoms with Crippen molar-refractivity contribution in [2.75, 3.05) is 13.2 Å². The largest absolute Gasteiger partial charge is 0.491 e. The first-order chi connectivity index (χ1) is 20.0. The van der Waals surface area contributed by atoms with Gasteiger partial charge in [-0.05, 0) is 48.0 Å². The highest BCUT2D eigenvalue weighted by atomic mass is 19.1. The average Bonchev–Trinajstić information content (AvgIpc) is 3.62. The Morgan fingerprint density at radius 1 is 0.756 bits per heavy atom. The molecule has 41 heavy (non-hydrogen) atoms. The summed E-state index contributed by atoms with van der Waals surface area (Å²) in [6.07, 6.45) is 3.50. The summed E-state index contributed by atoms with van der Waals surface area (Å²) in [5.74, 6) is -0.513. The van der Waals surface area contributed by atoms with E-state index in [-0.39, 0.29) is 29.2 Å². The van der Waals surface area contributed by atoms with Crippen LogP contribution in [0.15, 0.2) is 95.8 Å². The van der Waals surface area contributed by atoms with Crippen LogP contribution in [0.4, 0.5) is 13.2 Å². The molecule has 0 fully saturated rings. The molecule has 0 bridgehead atoms. The van der Waals surface area contributed by atoms with Crippen LogP contribution in [0, 0.1) is 17.5 Å². The molecule has 0 saturated carbocycles. The van der Waals surface area contributed by atoms with E-state index in [1.54, 1.807) is 41.2 Å². The highest BCUT2D eigenvalue weighted by Gasteiger charge is 2.18. The van der Waals surface area contributed by atoms with Crippen LogP contribution in [-0.2, 0) is 17.9 Å². The van der Waals surface area contributed by atoms with E-state index in [4.69, 9.17) is 14.0 Å². The quantitative estimate of drug-likeness (QED) is 0.174. The zero-order valence-corrected chi connectivity index (χ0v) is 21.6. The minimum atomic E-state index is -0.599. The van der Waals surface area contributed by atoms with Gasteiger partial charge in [-0.15, -0.1) is 0 Å². The lowest BCUT2D eigenvalue weighted by Crippen LogP contribution is -2.07. The van der Waals surface area contributed by atoms with Gasteiger partial charge in [0.15, 0.2) is 11.6 Å². The van der Waals surface area contributed by atoms with Crippen molar-refractivity contribution in [2.24, 2.45) is 0 Å². The Labute approximate surface area is 233 Å². The first kappa shape index (κ1) is 26.3. The predicted molar refractivity (Wildman–Crippen MR) is 145 cm³/mol. The summed E-state index contributed by atoms with van der Waals surface area (Å²) < 4.78 is 60.9. The molecule has 0 unspecified atom stereocenters. The van der Waals surface area contributed by atoms with E-state index in [0.717, 1.165) is 23.8 Å². The fraction of sp³-hybridized carbons (Fsp3) is 0.129. The maximum absolute atomic E-state index is 14.7. The molecule has 0 N–H and O–H groups in total. The molecule has 6 rings (SSSR count). The number of aromatic nitrogens is 4. The molecule has 10 heteroatoms. The molecule has 0 saturated heterocycles. The van der Waals surface area contributed by atoms with Crippen molar-refractivity contribution >= 4 is 0 Å². The van der Waals surface area contributed by atoms with Crippen LogP contribution in [0.1, 0.15) is 11.3 Å². The van der Waals surface area contributed by atoms with Crippen LogP contribution in [0.25, 0.3) is 34.0 Å². The molecule has 206 valence electrons. The molecule has 0 spiro atoms. The van der Waals surface area contributed by atoms with Gasteiger partial charge in [0.2, 0.25) is 0 Å². The number of hydrogen-bond donors (Lipinski definition) is 0. The lowest BCUT2D eigenvalue weighted by Gasteiger charge is -2.08. The summed E-state index contributed by atoms with van der Waals surface area (Å²) in [5.41, 5.74) is 2.61. The van der Waals surface area contributed by atoms with E-state index >= 15 is 0 Å². The van der Waals surface area contributed by atoms with Gasteiger partial charge in [0, 0.05) is 24.0 Å². The maximum Gasteiger partial charge on any atom is 0.163 e. The number of fused-ring (bicyclic) bond motifs is 1. The molecule has 1 aromatic heterocycles. The number of rotatable bonds is 10.